The summed E-state index contributed by atoms with van der Waals surface area (Å²) in [5.74, 6) is 1.76. The zero-order valence-electron chi connectivity index (χ0n) is 15.0. The minimum atomic E-state index is 0.657. The normalized spacial score (nSPS) is 15.3. The molecule has 26 heavy (non-hydrogen) atoms. The smallest absolute Gasteiger partial charge is 0.119 e. The second-order valence-electron chi connectivity index (χ2n) is 6.33. The second kappa shape index (κ2) is 9.81. The van der Waals surface area contributed by atoms with E-state index in [2.05, 4.69) is 15.9 Å². The summed E-state index contributed by atoms with van der Waals surface area (Å²) >= 11 is 0. The molecule has 0 amide bonds. The van der Waals surface area contributed by atoms with Crippen molar-refractivity contribution in [2.75, 3.05) is 52.5 Å². The first-order valence-corrected chi connectivity index (χ1v) is 9.09. The van der Waals surface area contributed by atoms with Gasteiger partial charge in [-0.25, -0.2) is 0 Å². The summed E-state index contributed by atoms with van der Waals surface area (Å²) in [7, 11) is 0. The molecule has 2 aromatic rings. The Morgan fingerprint density at radius 2 is 1.23 bits per heavy atom. The SMILES string of the molecule is N#Cc1ccc(OCCN2CCN(CCOc3ccccc3)CC2)cc1. The molecule has 0 spiro atoms. The van der Waals surface area contributed by atoms with Crippen molar-refractivity contribution in [3.05, 3.63) is 60.2 Å². The first kappa shape index (κ1) is 18.2. The number of nitrogens with zero attached hydrogens (tertiary/aromatic N) is 3. The Kier molecular flexibility index (Phi) is 6.88. The molecule has 1 heterocycles. The molecule has 0 saturated carbocycles. The van der Waals surface area contributed by atoms with E-state index in [1.807, 2.05) is 42.5 Å². The van der Waals surface area contributed by atoms with Gasteiger partial charge in [-0.2, -0.15) is 5.26 Å². The lowest BCUT2D eigenvalue weighted by Gasteiger charge is -2.34. The minimum Gasteiger partial charge on any atom is -0.492 e. The standard InChI is InChI=1S/C21H25N3O2/c22-18-19-6-8-21(9-7-19)26-17-15-24-12-10-23(11-13-24)14-16-25-20-4-2-1-3-5-20/h1-9H,10-17H2. The third-order valence-electron chi connectivity index (χ3n) is 4.54. The molecule has 0 radical (unpaired) electrons. The Morgan fingerprint density at radius 3 is 1.73 bits per heavy atom. The predicted molar refractivity (Wildman–Crippen MR) is 101 cm³/mol. The van der Waals surface area contributed by atoms with Crippen LogP contribution in [0.5, 0.6) is 11.5 Å². The summed E-state index contributed by atoms with van der Waals surface area (Å²) in [4.78, 5) is 4.87. The molecule has 5 heteroatoms. The molecule has 0 aliphatic carbocycles. The maximum absolute atomic E-state index is 8.80. The topological polar surface area (TPSA) is 48.7 Å². The quantitative estimate of drug-likeness (QED) is 0.732. The molecule has 0 bridgehead atoms. The van der Waals surface area contributed by atoms with Crippen LogP contribution >= 0.6 is 0 Å². The molecule has 136 valence electrons. The molecule has 1 aliphatic rings. The first-order valence-electron chi connectivity index (χ1n) is 9.09. The Bertz CT molecular complexity index is 689. The van der Waals surface area contributed by atoms with Gasteiger partial charge in [0.15, 0.2) is 0 Å². The monoisotopic (exact) mass is 351 g/mol. The van der Waals surface area contributed by atoms with Crippen LogP contribution in [-0.2, 0) is 0 Å². The number of hydrogen-bond donors (Lipinski definition) is 0. The molecule has 0 aromatic heterocycles. The molecular formula is C21H25N3O2. The Morgan fingerprint density at radius 1 is 0.731 bits per heavy atom. The zero-order chi connectivity index (χ0) is 18.0. The molecule has 1 aliphatic heterocycles. The van der Waals surface area contributed by atoms with Crippen molar-refractivity contribution in [2.45, 2.75) is 0 Å². The zero-order valence-corrected chi connectivity index (χ0v) is 15.0. The number of rotatable bonds is 8. The predicted octanol–water partition coefficient (Wildman–Crippen LogP) is 2.63. The van der Waals surface area contributed by atoms with Crippen LogP contribution in [-0.4, -0.2) is 62.3 Å². The fourth-order valence-electron chi connectivity index (χ4n) is 2.96. The van der Waals surface area contributed by atoms with Crippen molar-refractivity contribution < 1.29 is 9.47 Å². The van der Waals surface area contributed by atoms with Crippen molar-refractivity contribution in [3.8, 4) is 17.6 Å². The maximum Gasteiger partial charge on any atom is 0.119 e. The average molecular weight is 351 g/mol. The van der Waals surface area contributed by atoms with Crippen LogP contribution < -0.4 is 9.47 Å². The maximum atomic E-state index is 8.80. The highest BCUT2D eigenvalue weighted by Crippen LogP contribution is 2.12. The summed E-state index contributed by atoms with van der Waals surface area (Å²) in [6, 6.07) is 19.3. The second-order valence-corrected chi connectivity index (χ2v) is 6.33. The van der Waals surface area contributed by atoms with E-state index in [0.717, 1.165) is 57.4 Å². The third kappa shape index (κ3) is 5.76. The number of piperazine rings is 1. The summed E-state index contributed by atoms with van der Waals surface area (Å²) in [6.07, 6.45) is 0. The lowest BCUT2D eigenvalue weighted by Crippen LogP contribution is -2.48. The lowest BCUT2D eigenvalue weighted by atomic mass is 10.2. The van der Waals surface area contributed by atoms with E-state index < -0.39 is 0 Å². The summed E-state index contributed by atoms with van der Waals surface area (Å²) in [5, 5.41) is 8.80. The van der Waals surface area contributed by atoms with Gasteiger partial charge in [0.2, 0.25) is 0 Å². The van der Waals surface area contributed by atoms with E-state index in [4.69, 9.17) is 14.7 Å². The highest BCUT2D eigenvalue weighted by atomic mass is 16.5. The van der Waals surface area contributed by atoms with Crippen molar-refractivity contribution in [3.63, 3.8) is 0 Å². The Labute approximate surface area is 155 Å². The van der Waals surface area contributed by atoms with Crippen LogP contribution in [0.3, 0.4) is 0 Å². The van der Waals surface area contributed by atoms with E-state index in [1.54, 1.807) is 12.1 Å². The number of nitriles is 1. The van der Waals surface area contributed by atoms with E-state index >= 15 is 0 Å². The number of hydrogen-bond acceptors (Lipinski definition) is 5. The first-order chi connectivity index (χ1) is 12.8. The fourth-order valence-corrected chi connectivity index (χ4v) is 2.96. The molecule has 1 saturated heterocycles. The van der Waals surface area contributed by atoms with Crippen molar-refractivity contribution >= 4 is 0 Å². The van der Waals surface area contributed by atoms with E-state index in [0.29, 0.717) is 12.2 Å². The van der Waals surface area contributed by atoms with Gasteiger partial charge < -0.3 is 9.47 Å². The number of ether oxygens (including phenoxy) is 2. The van der Waals surface area contributed by atoms with Gasteiger partial charge in [0.25, 0.3) is 0 Å². The molecule has 0 unspecified atom stereocenters. The molecule has 5 nitrogen and oxygen atoms in total. The van der Waals surface area contributed by atoms with Gasteiger partial charge in [-0.3, -0.25) is 9.80 Å². The van der Waals surface area contributed by atoms with Crippen LogP contribution in [0.25, 0.3) is 0 Å². The van der Waals surface area contributed by atoms with Crippen LogP contribution in [0.15, 0.2) is 54.6 Å². The third-order valence-corrected chi connectivity index (χ3v) is 4.54. The van der Waals surface area contributed by atoms with Crippen LogP contribution in [0, 0.1) is 11.3 Å². The van der Waals surface area contributed by atoms with Gasteiger partial charge in [-0.1, -0.05) is 18.2 Å². The van der Waals surface area contributed by atoms with Gasteiger partial charge in [0.1, 0.15) is 24.7 Å². The number of benzene rings is 2. The van der Waals surface area contributed by atoms with Crippen LogP contribution in [0.2, 0.25) is 0 Å². The van der Waals surface area contributed by atoms with E-state index in [-0.39, 0.29) is 0 Å². The van der Waals surface area contributed by atoms with Gasteiger partial charge in [0.05, 0.1) is 11.6 Å². The van der Waals surface area contributed by atoms with Gasteiger partial charge in [-0.15, -0.1) is 0 Å². The Balaban J connectivity index is 1.28. The van der Waals surface area contributed by atoms with Crippen molar-refractivity contribution in [1.29, 1.82) is 5.26 Å². The molecule has 0 atom stereocenters. The summed E-state index contributed by atoms with van der Waals surface area (Å²) in [5.41, 5.74) is 0.657. The molecule has 1 fully saturated rings. The van der Waals surface area contributed by atoms with Crippen molar-refractivity contribution in [2.24, 2.45) is 0 Å². The minimum absolute atomic E-state index is 0.657. The summed E-state index contributed by atoms with van der Waals surface area (Å²) in [6.45, 7) is 7.53. The van der Waals surface area contributed by atoms with E-state index in [9.17, 15) is 0 Å². The fraction of sp³-hybridized carbons (Fsp3) is 0.381. The molecule has 3 rings (SSSR count). The van der Waals surface area contributed by atoms with E-state index in [1.165, 1.54) is 0 Å². The van der Waals surface area contributed by atoms with Crippen LogP contribution in [0.4, 0.5) is 0 Å². The van der Waals surface area contributed by atoms with Crippen molar-refractivity contribution in [1.82, 2.24) is 9.80 Å². The van der Waals surface area contributed by atoms with Gasteiger partial charge >= 0.3 is 0 Å². The highest BCUT2D eigenvalue weighted by Gasteiger charge is 2.16. The molecule has 2 aromatic carbocycles. The lowest BCUT2D eigenvalue weighted by molar-refractivity contribution is 0.105. The highest BCUT2D eigenvalue weighted by molar-refractivity contribution is 5.34. The van der Waals surface area contributed by atoms with Crippen LogP contribution in [0.1, 0.15) is 5.56 Å². The molecular weight excluding hydrogens is 326 g/mol. The molecule has 0 N–H and O–H groups in total. The van der Waals surface area contributed by atoms with Gasteiger partial charge in [0, 0.05) is 39.3 Å². The largest absolute Gasteiger partial charge is 0.492 e. The number of para-hydroxylation sites is 1. The summed E-state index contributed by atoms with van der Waals surface area (Å²) < 4.78 is 11.5. The average Bonchev–Trinajstić information content (AvgIpc) is 2.70. The van der Waals surface area contributed by atoms with Gasteiger partial charge in [-0.05, 0) is 36.4 Å². The Hall–Kier alpha value is -2.55.